The lowest BCUT2D eigenvalue weighted by Gasteiger charge is -2.32. The van der Waals surface area contributed by atoms with Crippen LogP contribution in [0.3, 0.4) is 0 Å². The summed E-state index contributed by atoms with van der Waals surface area (Å²) >= 11 is 6.03. The third-order valence-corrected chi connectivity index (χ3v) is 4.53. The highest BCUT2D eigenvalue weighted by atomic mass is 35.5. The van der Waals surface area contributed by atoms with Gasteiger partial charge >= 0.3 is 0 Å². The second kappa shape index (κ2) is 6.15. The molecule has 1 saturated carbocycles. The number of hydrogen-bond donors (Lipinski definition) is 1. The minimum atomic E-state index is -0.361. The summed E-state index contributed by atoms with van der Waals surface area (Å²) in [5.41, 5.74) is 0.505. The van der Waals surface area contributed by atoms with Crippen LogP contribution >= 0.6 is 11.6 Å². The van der Waals surface area contributed by atoms with E-state index in [1.165, 1.54) is 0 Å². The third-order valence-electron chi connectivity index (χ3n) is 4.16. The van der Waals surface area contributed by atoms with Crippen LogP contribution in [0, 0.1) is 24.2 Å². The number of hydrogen-bond acceptors (Lipinski definition) is 3. The molecule has 1 heterocycles. The number of nitrogens with one attached hydrogen (secondary N) is 1. The number of aryl methyl sites for hydroxylation is 2. The highest BCUT2D eigenvalue weighted by molar-refractivity contribution is 6.31. The van der Waals surface area contributed by atoms with E-state index in [2.05, 4.69) is 30.3 Å². The summed E-state index contributed by atoms with van der Waals surface area (Å²) in [6, 6.07) is 2.88. The Balaban J connectivity index is 2.02. The number of nitrogens with zero attached hydrogens (tertiary/aromatic N) is 3. The van der Waals surface area contributed by atoms with E-state index in [-0.39, 0.29) is 5.54 Å². The average molecular weight is 295 g/mol. The van der Waals surface area contributed by atoms with Gasteiger partial charge in [0, 0.05) is 18.8 Å². The van der Waals surface area contributed by atoms with E-state index in [1.807, 2.05) is 17.8 Å². The summed E-state index contributed by atoms with van der Waals surface area (Å²) in [4.78, 5) is 0. The molecule has 2 atom stereocenters. The quantitative estimate of drug-likeness (QED) is 0.906. The summed E-state index contributed by atoms with van der Waals surface area (Å²) in [6.07, 6.45) is 6.02. The molecule has 0 aromatic carbocycles. The third kappa shape index (κ3) is 3.16. The molecule has 1 aliphatic rings. The molecule has 110 valence electrons. The Morgan fingerprint density at radius 2 is 2.40 bits per heavy atom. The summed E-state index contributed by atoms with van der Waals surface area (Å²) in [7, 11) is 0. The van der Waals surface area contributed by atoms with E-state index in [1.54, 1.807) is 0 Å². The molecule has 0 amide bonds. The zero-order valence-corrected chi connectivity index (χ0v) is 13.2. The fourth-order valence-corrected chi connectivity index (χ4v) is 3.40. The van der Waals surface area contributed by atoms with Gasteiger partial charge in [-0.1, -0.05) is 18.0 Å². The van der Waals surface area contributed by atoms with E-state index in [0.29, 0.717) is 17.0 Å². The van der Waals surface area contributed by atoms with Gasteiger partial charge in [-0.15, -0.1) is 0 Å². The van der Waals surface area contributed by atoms with Crippen LogP contribution in [0.15, 0.2) is 6.20 Å². The van der Waals surface area contributed by atoms with Gasteiger partial charge in [-0.25, -0.2) is 0 Å². The molecule has 0 saturated heterocycles. The van der Waals surface area contributed by atoms with Crippen molar-refractivity contribution in [2.45, 2.75) is 64.6 Å². The minimum Gasteiger partial charge on any atom is -0.297 e. The molecule has 1 aliphatic carbocycles. The van der Waals surface area contributed by atoms with Gasteiger partial charge < -0.3 is 0 Å². The molecule has 0 aliphatic heterocycles. The Labute approximate surface area is 126 Å². The van der Waals surface area contributed by atoms with Gasteiger partial charge in [0.25, 0.3) is 0 Å². The molecule has 2 rings (SSSR count). The molecule has 0 spiro atoms. The standard InChI is InChI=1S/C15H23ClN4/c1-11(2)18-15(10-17)7-4-5-13(15)6-8-20-9-14(16)12(3)19-20/h9,11,13,18H,4-8H2,1-3H3. The Morgan fingerprint density at radius 1 is 1.65 bits per heavy atom. The molecule has 0 radical (unpaired) electrons. The zero-order chi connectivity index (χ0) is 14.8. The van der Waals surface area contributed by atoms with Crippen LogP contribution in [0.2, 0.25) is 5.02 Å². The van der Waals surface area contributed by atoms with Crippen LogP contribution in [0.4, 0.5) is 0 Å². The first-order chi connectivity index (χ1) is 9.47. The lowest BCUT2D eigenvalue weighted by atomic mass is 9.85. The summed E-state index contributed by atoms with van der Waals surface area (Å²) in [5.74, 6) is 0.387. The van der Waals surface area contributed by atoms with Gasteiger partial charge in [0.2, 0.25) is 0 Å². The molecular formula is C15H23ClN4. The van der Waals surface area contributed by atoms with Gasteiger partial charge in [0.05, 0.1) is 16.8 Å². The maximum absolute atomic E-state index is 9.63. The van der Waals surface area contributed by atoms with E-state index >= 15 is 0 Å². The van der Waals surface area contributed by atoms with Gasteiger partial charge in [-0.05, 0) is 46.0 Å². The largest absolute Gasteiger partial charge is 0.297 e. The topological polar surface area (TPSA) is 53.6 Å². The van der Waals surface area contributed by atoms with Crippen molar-refractivity contribution >= 4 is 11.6 Å². The first kappa shape index (κ1) is 15.3. The average Bonchev–Trinajstić information content (AvgIpc) is 2.91. The maximum Gasteiger partial charge on any atom is 0.109 e. The highest BCUT2D eigenvalue weighted by Crippen LogP contribution is 2.38. The van der Waals surface area contributed by atoms with Crippen molar-refractivity contribution in [3.63, 3.8) is 0 Å². The number of halogens is 1. The normalized spacial score (nSPS) is 26.1. The number of aromatic nitrogens is 2. The minimum absolute atomic E-state index is 0.330. The molecule has 1 aromatic heterocycles. The summed E-state index contributed by atoms with van der Waals surface area (Å²) in [6.45, 7) is 6.94. The lowest BCUT2D eigenvalue weighted by molar-refractivity contribution is 0.269. The monoisotopic (exact) mass is 294 g/mol. The van der Waals surface area contributed by atoms with Crippen molar-refractivity contribution in [1.29, 1.82) is 5.26 Å². The fourth-order valence-electron chi connectivity index (χ4n) is 3.25. The Hall–Kier alpha value is -1.05. The Morgan fingerprint density at radius 3 is 2.95 bits per heavy atom. The first-order valence-corrected chi connectivity index (χ1v) is 7.73. The second-order valence-corrected chi connectivity index (χ2v) is 6.49. The van der Waals surface area contributed by atoms with Gasteiger partial charge in [-0.3, -0.25) is 10.00 Å². The maximum atomic E-state index is 9.63. The van der Waals surface area contributed by atoms with E-state index in [9.17, 15) is 5.26 Å². The van der Waals surface area contributed by atoms with Crippen molar-refractivity contribution in [2.24, 2.45) is 5.92 Å². The lowest BCUT2D eigenvalue weighted by Crippen LogP contribution is -2.50. The van der Waals surface area contributed by atoms with E-state index < -0.39 is 0 Å². The summed E-state index contributed by atoms with van der Waals surface area (Å²) < 4.78 is 1.90. The first-order valence-electron chi connectivity index (χ1n) is 7.35. The van der Waals surface area contributed by atoms with Crippen LogP contribution < -0.4 is 5.32 Å². The van der Waals surface area contributed by atoms with Crippen LogP contribution in [0.1, 0.15) is 45.2 Å². The molecule has 20 heavy (non-hydrogen) atoms. The SMILES string of the molecule is Cc1nn(CCC2CCCC2(C#N)NC(C)C)cc1Cl. The van der Waals surface area contributed by atoms with Crippen LogP contribution in [-0.2, 0) is 6.54 Å². The van der Waals surface area contributed by atoms with Gasteiger partial charge in [0.1, 0.15) is 5.54 Å². The summed E-state index contributed by atoms with van der Waals surface area (Å²) in [5, 5.41) is 18.2. The van der Waals surface area contributed by atoms with E-state index in [4.69, 9.17) is 11.6 Å². The van der Waals surface area contributed by atoms with Crippen LogP contribution in [0.25, 0.3) is 0 Å². The molecule has 1 N–H and O–H groups in total. The van der Waals surface area contributed by atoms with Crippen LogP contribution in [-0.4, -0.2) is 21.4 Å². The number of rotatable bonds is 5. The Bertz CT molecular complexity index is 483. The van der Waals surface area contributed by atoms with Gasteiger partial charge in [-0.2, -0.15) is 10.4 Å². The molecule has 5 heteroatoms. The molecule has 1 aromatic rings. The van der Waals surface area contributed by atoms with Gasteiger partial charge in [0.15, 0.2) is 0 Å². The van der Waals surface area contributed by atoms with Crippen molar-refractivity contribution in [1.82, 2.24) is 15.1 Å². The van der Waals surface area contributed by atoms with Crippen molar-refractivity contribution < 1.29 is 0 Å². The van der Waals surface area contributed by atoms with Crippen molar-refractivity contribution in [3.8, 4) is 6.07 Å². The molecule has 2 unspecified atom stereocenters. The second-order valence-electron chi connectivity index (χ2n) is 6.09. The molecule has 1 fully saturated rings. The smallest absolute Gasteiger partial charge is 0.109 e. The predicted octanol–water partition coefficient (Wildman–Crippen LogP) is 3.30. The van der Waals surface area contributed by atoms with Crippen molar-refractivity contribution in [3.05, 3.63) is 16.9 Å². The Kier molecular flexibility index (Phi) is 4.72. The fraction of sp³-hybridized carbons (Fsp3) is 0.733. The van der Waals surface area contributed by atoms with Crippen molar-refractivity contribution in [2.75, 3.05) is 0 Å². The van der Waals surface area contributed by atoms with E-state index in [0.717, 1.165) is 37.9 Å². The van der Waals surface area contributed by atoms with Crippen LogP contribution in [0.5, 0.6) is 0 Å². The molecular weight excluding hydrogens is 272 g/mol. The number of nitriles is 1. The predicted molar refractivity (Wildman–Crippen MR) is 80.5 cm³/mol. The zero-order valence-electron chi connectivity index (χ0n) is 12.5. The molecule has 4 nitrogen and oxygen atoms in total. The highest BCUT2D eigenvalue weighted by Gasteiger charge is 2.43. The molecule has 0 bridgehead atoms.